The topological polar surface area (TPSA) is 129 Å². The average molecular weight is 458 g/mol. The Hall–Kier alpha value is -2.23. The van der Waals surface area contributed by atoms with Gasteiger partial charge in [-0.2, -0.15) is 0 Å². The summed E-state index contributed by atoms with van der Waals surface area (Å²) >= 11 is 0. The van der Waals surface area contributed by atoms with Crippen molar-refractivity contribution in [3.05, 3.63) is 82.4 Å². The fourth-order valence-electron chi connectivity index (χ4n) is 1.09. The van der Waals surface area contributed by atoms with E-state index in [1.807, 2.05) is 30.3 Å². The fourth-order valence-corrected chi connectivity index (χ4v) is 1.09. The van der Waals surface area contributed by atoms with Crippen LogP contribution in [0.5, 0.6) is 5.75 Å². The third-order valence-electron chi connectivity index (χ3n) is 1.65. The summed E-state index contributed by atoms with van der Waals surface area (Å²) < 4.78 is 50.4. The van der Waals surface area contributed by atoms with Crippen LogP contribution in [0.4, 0.5) is 0 Å². The summed E-state index contributed by atoms with van der Waals surface area (Å²) in [5, 5.41) is 0. The summed E-state index contributed by atoms with van der Waals surface area (Å²) in [5.41, 5.74) is 1.12. The maximum Gasteiger partial charge on any atom is 0 e. The van der Waals surface area contributed by atoms with Crippen LogP contribution in [-0.4, -0.2) is 6.61 Å². The van der Waals surface area contributed by atoms with E-state index in [9.17, 15) is 0 Å². The third kappa shape index (κ3) is 45.3. The molecule has 0 saturated carbocycles. The summed E-state index contributed by atoms with van der Waals surface area (Å²) in [6.07, 6.45) is 7.76. The molecule has 144 valence electrons. The number of hydrogen-bond acceptors (Lipinski definition) is 1. The summed E-state index contributed by atoms with van der Waals surface area (Å²) in [6.45, 7) is 31.0. The number of para-hydroxylation sites is 1. The SMILES string of the molecule is C#CCOc1ccccc1CC=C.[C-]#[O+].[C-]#[O+].[C-]#[O+].[C-]#[O+].[C-]#[O+].[C-]#[O+].[Co].[Co]. The van der Waals surface area contributed by atoms with Crippen LogP contribution in [0.2, 0.25) is 0 Å². The molecule has 27 heavy (non-hydrogen) atoms. The van der Waals surface area contributed by atoms with Crippen molar-refractivity contribution in [2.45, 2.75) is 6.42 Å². The minimum atomic E-state index is 0. The quantitative estimate of drug-likeness (QED) is 0.292. The maximum absolute atomic E-state index is 7.50. The van der Waals surface area contributed by atoms with Crippen molar-refractivity contribution >= 4 is 0 Å². The van der Waals surface area contributed by atoms with Gasteiger partial charge in [-0.1, -0.05) is 30.2 Å². The van der Waals surface area contributed by atoms with E-state index < -0.39 is 0 Å². The molecule has 1 aromatic carbocycles. The van der Waals surface area contributed by atoms with Crippen molar-refractivity contribution < 1.29 is 66.2 Å². The Kier molecular flexibility index (Phi) is 139. The number of benzene rings is 1. The van der Waals surface area contributed by atoms with Crippen LogP contribution in [-0.2, 0) is 67.9 Å². The molecular formula is C18H12Co2O7. The van der Waals surface area contributed by atoms with E-state index in [4.69, 9.17) is 39.1 Å². The standard InChI is InChI=1S/C12H12O.6CO.2Co/c1-3-7-11-8-5-6-9-12(11)13-10-4-2;6*1-2;;/h2-3,5-6,8-9H,1,7,10H2;;;;;;;;. The van der Waals surface area contributed by atoms with Gasteiger partial charge in [0.2, 0.25) is 0 Å². The Morgan fingerprint density at radius 2 is 1.22 bits per heavy atom. The minimum absolute atomic E-state index is 0. The monoisotopic (exact) mass is 458 g/mol. The molecule has 0 fully saturated rings. The van der Waals surface area contributed by atoms with Crippen molar-refractivity contribution in [2.24, 2.45) is 0 Å². The molecule has 0 N–H and O–H groups in total. The number of rotatable bonds is 4. The van der Waals surface area contributed by atoms with E-state index in [0.717, 1.165) is 17.7 Å². The second-order valence-electron chi connectivity index (χ2n) is 2.59. The largest absolute Gasteiger partial charge is 0 e. The van der Waals surface area contributed by atoms with E-state index in [1.165, 1.54) is 0 Å². The molecule has 0 saturated heterocycles. The van der Waals surface area contributed by atoms with Gasteiger partial charge in [0.05, 0.1) is 0 Å². The van der Waals surface area contributed by atoms with Crippen molar-refractivity contribution in [3.8, 4) is 18.1 Å². The second-order valence-corrected chi connectivity index (χ2v) is 2.59. The van der Waals surface area contributed by atoms with Gasteiger partial charge in [-0.15, -0.1) is 13.0 Å². The van der Waals surface area contributed by atoms with Gasteiger partial charge in [-0.3, -0.25) is 0 Å². The van der Waals surface area contributed by atoms with Crippen LogP contribution in [0, 0.1) is 52.2 Å². The number of ether oxygens (including phenoxy) is 1. The second kappa shape index (κ2) is 75.6. The molecule has 0 aromatic heterocycles. The van der Waals surface area contributed by atoms with E-state index >= 15 is 0 Å². The van der Waals surface area contributed by atoms with Gasteiger partial charge in [0.25, 0.3) is 0 Å². The Morgan fingerprint density at radius 3 is 1.56 bits per heavy atom. The molecule has 0 bridgehead atoms. The first-order valence-corrected chi connectivity index (χ1v) is 5.36. The maximum atomic E-state index is 7.50. The average Bonchev–Trinajstić information content (AvgIpc) is 2.76. The molecule has 9 heteroatoms. The Balaban J connectivity index is -0.0000000370. The number of terminal acetylenes is 1. The summed E-state index contributed by atoms with van der Waals surface area (Å²) in [7, 11) is 0. The first-order valence-electron chi connectivity index (χ1n) is 5.36. The summed E-state index contributed by atoms with van der Waals surface area (Å²) in [6, 6.07) is 7.82. The van der Waals surface area contributed by atoms with Gasteiger partial charge >= 0.3 is 67.8 Å². The molecule has 1 rings (SSSR count). The van der Waals surface area contributed by atoms with E-state index in [2.05, 4.69) is 52.4 Å². The molecule has 0 atom stereocenters. The van der Waals surface area contributed by atoms with Gasteiger partial charge in [-0.05, 0) is 18.1 Å². The van der Waals surface area contributed by atoms with Crippen molar-refractivity contribution in [1.29, 1.82) is 0 Å². The molecule has 7 nitrogen and oxygen atoms in total. The molecule has 0 spiro atoms. The third-order valence-corrected chi connectivity index (χ3v) is 1.65. The van der Waals surface area contributed by atoms with Crippen LogP contribution in [0.15, 0.2) is 36.9 Å². The zero-order valence-corrected chi connectivity index (χ0v) is 15.7. The predicted octanol–water partition coefficient (Wildman–Crippen LogP) is 2.20. The Labute approximate surface area is 179 Å². The molecule has 0 amide bonds. The fraction of sp³-hybridized carbons (Fsp3) is 0.111. The minimum Gasteiger partial charge on any atom is 0 e. The summed E-state index contributed by atoms with van der Waals surface area (Å²) in [5.74, 6) is 3.29. The Morgan fingerprint density at radius 1 is 0.852 bits per heavy atom. The van der Waals surface area contributed by atoms with Gasteiger partial charge in [-0.25, -0.2) is 0 Å². The van der Waals surface area contributed by atoms with Crippen LogP contribution in [0.1, 0.15) is 5.56 Å². The molecule has 0 unspecified atom stereocenters. The molecule has 0 heterocycles. The van der Waals surface area contributed by atoms with Gasteiger partial charge < -0.3 is 4.74 Å². The Bertz CT molecular complexity index is 518. The van der Waals surface area contributed by atoms with E-state index in [-0.39, 0.29) is 33.6 Å². The molecule has 1 aromatic rings. The normalized spacial score (nSPS) is 4.70. The van der Waals surface area contributed by atoms with E-state index in [0.29, 0.717) is 6.61 Å². The number of hydrogen-bond donors (Lipinski definition) is 0. The van der Waals surface area contributed by atoms with Crippen LogP contribution in [0.3, 0.4) is 0 Å². The van der Waals surface area contributed by atoms with E-state index in [1.54, 1.807) is 0 Å². The molecule has 2 radical (unpaired) electrons. The smallest absolute Gasteiger partial charge is 0 e. The molecule has 0 aliphatic carbocycles. The molecule has 0 aliphatic rings. The number of allylic oxidation sites excluding steroid dienone is 1. The van der Waals surface area contributed by atoms with Crippen molar-refractivity contribution in [1.82, 2.24) is 0 Å². The molecular weight excluding hydrogens is 446 g/mol. The molecule has 0 aliphatic heterocycles. The van der Waals surface area contributed by atoms with Crippen molar-refractivity contribution in [3.63, 3.8) is 0 Å². The van der Waals surface area contributed by atoms with Crippen LogP contribution >= 0.6 is 0 Å². The van der Waals surface area contributed by atoms with Crippen LogP contribution in [0.25, 0.3) is 0 Å². The summed E-state index contributed by atoms with van der Waals surface area (Å²) in [4.78, 5) is 0. The zero-order valence-electron chi connectivity index (χ0n) is 13.6. The van der Waals surface area contributed by atoms with Gasteiger partial charge in [0.15, 0.2) is 0 Å². The first kappa shape index (κ1) is 49.8. The van der Waals surface area contributed by atoms with Crippen LogP contribution < -0.4 is 4.74 Å². The van der Waals surface area contributed by atoms with Gasteiger partial charge in [0, 0.05) is 33.6 Å². The van der Waals surface area contributed by atoms with Crippen molar-refractivity contribution in [2.75, 3.05) is 6.61 Å². The van der Waals surface area contributed by atoms with Gasteiger partial charge in [0.1, 0.15) is 12.4 Å². The first-order chi connectivity index (χ1) is 12.4. The zero-order chi connectivity index (χ0) is 21.5. The predicted molar refractivity (Wildman–Crippen MR) is 78.2 cm³/mol.